The van der Waals surface area contributed by atoms with Crippen LogP contribution in [0.1, 0.15) is 55.4 Å². The summed E-state index contributed by atoms with van der Waals surface area (Å²) in [6.07, 6.45) is 1.75. The van der Waals surface area contributed by atoms with Gasteiger partial charge in [-0.05, 0) is 39.0 Å². The number of rotatable bonds is 12. The van der Waals surface area contributed by atoms with E-state index < -0.39 is 10.9 Å². The summed E-state index contributed by atoms with van der Waals surface area (Å²) in [7, 11) is 1.42. The molecule has 0 N–H and O–H groups in total. The lowest BCUT2D eigenvalue weighted by molar-refractivity contribution is -0.386. The Bertz CT molecular complexity index is 1250. The van der Waals surface area contributed by atoms with Gasteiger partial charge >= 0.3 is 11.7 Å². The lowest BCUT2D eigenvalue weighted by Gasteiger charge is -2.14. The van der Waals surface area contributed by atoms with Crippen LogP contribution in [0.25, 0.3) is 0 Å². The topological polar surface area (TPSA) is 144 Å². The summed E-state index contributed by atoms with van der Waals surface area (Å²) in [6.45, 7) is 7.44. The second-order valence-electron chi connectivity index (χ2n) is 7.58. The number of hydrogen-bond acceptors (Lipinski definition) is 11. The van der Waals surface area contributed by atoms with Crippen LogP contribution < -0.4 is 9.47 Å². The van der Waals surface area contributed by atoms with Gasteiger partial charge in [-0.25, -0.2) is 4.79 Å². The van der Waals surface area contributed by atoms with E-state index in [1.54, 1.807) is 43.6 Å². The molecule has 0 fully saturated rings. The van der Waals surface area contributed by atoms with E-state index in [9.17, 15) is 14.9 Å². The number of esters is 1. The minimum absolute atomic E-state index is 0.0603. The molecule has 0 amide bonds. The molecule has 0 aliphatic rings. The highest BCUT2D eigenvalue weighted by molar-refractivity contribution is 7.98. The molecule has 192 valence electrons. The van der Waals surface area contributed by atoms with Crippen LogP contribution in [0.4, 0.5) is 5.69 Å². The number of carbonyl (C=O) groups is 1. The van der Waals surface area contributed by atoms with Gasteiger partial charge in [0, 0.05) is 18.1 Å². The first-order valence-electron chi connectivity index (χ1n) is 11.2. The first-order chi connectivity index (χ1) is 17.3. The maximum absolute atomic E-state index is 11.8. The molecule has 1 aromatic carbocycles. The van der Waals surface area contributed by atoms with E-state index in [2.05, 4.69) is 15.3 Å². The normalized spacial score (nSPS) is 11.3. The van der Waals surface area contributed by atoms with E-state index in [1.165, 1.54) is 31.2 Å². The van der Waals surface area contributed by atoms with E-state index in [1.807, 2.05) is 6.92 Å². The van der Waals surface area contributed by atoms with Gasteiger partial charge in [-0.2, -0.15) is 9.78 Å². The van der Waals surface area contributed by atoms with Crippen LogP contribution in [-0.2, 0) is 16.9 Å². The third kappa shape index (κ3) is 6.42. The van der Waals surface area contributed by atoms with Crippen molar-refractivity contribution in [3.8, 4) is 11.5 Å². The minimum Gasteiger partial charge on any atom is -0.493 e. The predicted molar refractivity (Wildman–Crippen MR) is 132 cm³/mol. The molecule has 0 bridgehead atoms. The van der Waals surface area contributed by atoms with Gasteiger partial charge in [0.2, 0.25) is 16.7 Å². The third-order valence-corrected chi connectivity index (χ3v) is 5.57. The number of aryl methyl sites for hydroxylation is 1. The average Bonchev–Trinajstić information content (AvgIpc) is 3.48. The first kappa shape index (κ1) is 26.7. The Morgan fingerprint density at radius 1 is 1.31 bits per heavy atom. The summed E-state index contributed by atoms with van der Waals surface area (Å²) in [4.78, 5) is 23.0. The van der Waals surface area contributed by atoms with E-state index in [4.69, 9.17) is 18.6 Å². The minimum atomic E-state index is -0.525. The number of ether oxygens (including phenoxy) is 3. The van der Waals surface area contributed by atoms with Gasteiger partial charge in [0.15, 0.2) is 11.6 Å². The number of carbonyl (C=O) groups excluding carboxylic acids is 1. The Hall–Kier alpha value is -3.87. The number of aromatic nitrogens is 3. The molecule has 2 aromatic heterocycles. The third-order valence-electron chi connectivity index (χ3n) is 4.62. The van der Waals surface area contributed by atoms with Crippen molar-refractivity contribution in [3.05, 3.63) is 57.3 Å². The molecule has 0 unspecified atom stereocenters. The maximum atomic E-state index is 11.8. The van der Waals surface area contributed by atoms with E-state index in [0.29, 0.717) is 34.5 Å². The Kier molecular flexibility index (Phi) is 9.06. The zero-order valence-corrected chi connectivity index (χ0v) is 21.4. The van der Waals surface area contributed by atoms with Crippen LogP contribution in [-0.4, -0.2) is 51.8 Å². The smallest absolute Gasteiger partial charge is 0.374 e. The lowest BCUT2D eigenvalue weighted by Crippen LogP contribution is -2.09. The Morgan fingerprint density at radius 3 is 2.72 bits per heavy atom. The number of methoxy groups -OCH3 is 1. The molecule has 13 heteroatoms. The van der Waals surface area contributed by atoms with Gasteiger partial charge in [0.25, 0.3) is 0 Å². The van der Waals surface area contributed by atoms with Gasteiger partial charge in [-0.15, -0.1) is 10.2 Å². The summed E-state index contributed by atoms with van der Waals surface area (Å²) in [5.41, 5.74) is 0.209. The summed E-state index contributed by atoms with van der Waals surface area (Å²) in [5.74, 6) is 1.42. The van der Waals surface area contributed by atoms with Crippen molar-refractivity contribution in [1.82, 2.24) is 14.9 Å². The Labute approximate surface area is 211 Å². The number of furan rings is 1. The van der Waals surface area contributed by atoms with Crippen LogP contribution in [0.15, 0.2) is 38.9 Å². The molecule has 0 spiro atoms. The fourth-order valence-corrected chi connectivity index (χ4v) is 3.87. The second-order valence-corrected chi connectivity index (χ2v) is 8.52. The zero-order valence-electron chi connectivity index (χ0n) is 20.6. The highest BCUT2D eigenvalue weighted by Crippen LogP contribution is 2.38. The molecule has 12 nitrogen and oxygen atoms in total. The Morgan fingerprint density at radius 2 is 2.08 bits per heavy atom. The molecular weight excluding hydrogens is 490 g/mol. The number of thioether (sulfide) groups is 1. The van der Waals surface area contributed by atoms with Gasteiger partial charge in [0.05, 0.1) is 36.7 Å². The van der Waals surface area contributed by atoms with Gasteiger partial charge in [0.1, 0.15) is 5.76 Å². The van der Waals surface area contributed by atoms with Crippen LogP contribution >= 0.6 is 11.8 Å². The van der Waals surface area contributed by atoms with Gasteiger partial charge in [-0.1, -0.05) is 18.7 Å². The molecule has 2 heterocycles. The first-order valence-corrected chi connectivity index (χ1v) is 12.2. The molecule has 0 radical (unpaired) electrons. The summed E-state index contributed by atoms with van der Waals surface area (Å²) >= 11 is 1.31. The molecular formula is C23H27N5O7S. The number of nitro benzene ring substituents is 1. The molecule has 0 atom stereocenters. The van der Waals surface area contributed by atoms with Crippen LogP contribution in [0.3, 0.4) is 0 Å². The second kappa shape index (κ2) is 12.2. The van der Waals surface area contributed by atoms with Crippen molar-refractivity contribution in [3.63, 3.8) is 0 Å². The van der Waals surface area contributed by atoms with Crippen molar-refractivity contribution >= 4 is 29.6 Å². The molecule has 0 saturated carbocycles. The molecule has 3 rings (SSSR count). The fourth-order valence-electron chi connectivity index (χ4n) is 3.07. The lowest BCUT2D eigenvalue weighted by atomic mass is 10.2. The molecule has 36 heavy (non-hydrogen) atoms. The summed E-state index contributed by atoms with van der Waals surface area (Å²) in [6, 6.07) is 6.22. The monoisotopic (exact) mass is 517 g/mol. The van der Waals surface area contributed by atoms with Crippen molar-refractivity contribution in [2.24, 2.45) is 5.10 Å². The van der Waals surface area contributed by atoms with Crippen LogP contribution in [0, 0.1) is 10.1 Å². The molecule has 3 aromatic rings. The van der Waals surface area contributed by atoms with Crippen molar-refractivity contribution in [2.45, 2.75) is 51.1 Å². The van der Waals surface area contributed by atoms with Gasteiger partial charge < -0.3 is 18.6 Å². The van der Waals surface area contributed by atoms with E-state index >= 15 is 0 Å². The highest BCUT2D eigenvalue weighted by atomic mass is 32.2. The quantitative estimate of drug-likeness (QED) is 0.111. The van der Waals surface area contributed by atoms with Crippen molar-refractivity contribution < 1.29 is 28.3 Å². The number of benzene rings is 1. The largest absolute Gasteiger partial charge is 0.493 e. The van der Waals surface area contributed by atoms with Gasteiger partial charge in [-0.3, -0.25) is 10.1 Å². The number of nitro groups is 1. The molecule has 0 saturated heterocycles. The van der Waals surface area contributed by atoms with Crippen LogP contribution in [0.5, 0.6) is 11.5 Å². The van der Waals surface area contributed by atoms with Crippen LogP contribution in [0.2, 0.25) is 0 Å². The van der Waals surface area contributed by atoms with E-state index in [-0.39, 0.29) is 35.7 Å². The van der Waals surface area contributed by atoms with Crippen molar-refractivity contribution in [2.75, 3.05) is 13.7 Å². The standard InChI is InChI=1S/C23H27N5O7S/c1-6-20-25-26-23(36-13-16-8-9-18(35-16)22(29)33-7-2)27(20)24-12-15-10-17(28(30)31)21(34-14(3)4)19(11-15)32-5/h8-12,14H,6-7,13H2,1-5H3/b24-12-. The summed E-state index contributed by atoms with van der Waals surface area (Å²) < 4.78 is 23.0. The number of nitrogens with zero attached hydrogens (tertiary/aromatic N) is 5. The summed E-state index contributed by atoms with van der Waals surface area (Å²) in [5, 5.41) is 25.0. The maximum Gasteiger partial charge on any atom is 0.374 e. The molecule has 0 aliphatic heterocycles. The molecule has 0 aliphatic carbocycles. The zero-order chi connectivity index (χ0) is 26.2. The highest BCUT2D eigenvalue weighted by Gasteiger charge is 2.23. The average molecular weight is 518 g/mol. The van der Waals surface area contributed by atoms with E-state index in [0.717, 1.165) is 0 Å². The predicted octanol–water partition coefficient (Wildman–Crippen LogP) is 4.49. The SMILES string of the molecule is CCOC(=O)c1ccc(CSc2nnc(CC)n2/N=C\c2cc(OC)c(OC(C)C)c([N+](=O)[O-])c2)o1. The Balaban J connectivity index is 1.85. The number of hydrogen-bond donors (Lipinski definition) is 0. The fraction of sp³-hybridized carbons (Fsp3) is 0.391. The van der Waals surface area contributed by atoms with Crippen molar-refractivity contribution in [1.29, 1.82) is 0 Å².